The Morgan fingerprint density at radius 3 is 2.93 bits per heavy atom. The molecule has 0 bridgehead atoms. The van der Waals surface area contributed by atoms with Gasteiger partial charge in [0.1, 0.15) is 16.1 Å². The quantitative estimate of drug-likeness (QED) is 0.433. The van der Waals surface area contributed by atoms with Gasteiger partial charge in [0.2, 0.25) is 5.91 Å². The van der Waals surface area contributed by atoms with E-state index in [1.54, 1.807) is 23.1 Å². The number of hydrogen-bond donors (Lipinski definition) is 1. The number of fused-ring (bicyclic) bond motifs is 1. The molecule has 1 aliphatic rings. The van der Waals surface area contributed by atoms with Crippen molar-refractivity contribution in [2.24, 2.45) is 5.92 Å². The van der Waals surface area contributed by atoms with Crippen LogP contribution < -0.4 is 10.2 Å². The van der Waals surface area contributed by atoms with Crippen molar-refractivity contribution in [3.05, 3.63) is 30.6 Å². The summed E-state index contributed by atoms with van der Waals surface area (Å²) in [7, 11) is 0. The fourth-order valence-electron chi connectivity index (χ4n) is 3.19. The van der Waals surface area contributed by atoms with Gasteiger partial charge in [-0.15, -0.1) is 11.8 Å². The lowest BCUT2D eigenvalue weighted by Gasteiger charge is -2.29. The monoisotopic (exact) mass is 445 g/mol. The molecule has 0 aliphatic carbocycles. The van der Waals surface area contributed by atoms with Crippen LogP contribution in [-0.2, 0) is 4.79 Å². The Morgan fingerprint density at radius 2 is 2.14 bits per heavy atom. The number of aromatic nitrogens is 3. The third-order valence-electron chi connectivity index (χ3n) is 4.89. The van der Waals surface area contributed by atoms with Gasteiger partial charge in [0.05, 0.1) is 5.75 Å². The lowest BCUT2D eigenvalue weighted by molar-refractivity contribution is -0.113. The Kier molecular flexibility index (Phi) is 6.56. The van der Waals surface area contributed by atoms with Crippen molar-refractivity contribution >= 4 is 61.9 Å². The van der Waals surface area contributed by atoms with Crippen LogP contribution in [0.3, 0.4) is 0 Å². The van der Waals surface area contributed by atoms with Crippen LogP contribution in [0.2, 0.25) is 0 Å². The van der Waals surface area contributed by atoms with Gasteiger partial charge in [0.25, 0.3) is 0 Å². The van der Waals surface area contributed by atoms with Crippen molar-refractivity contribution < 1.29 is 4.79 Å². The number of amides is 1. The van der Waals surface area contributed by atoms with Gasteiger partial charge in [-0.3, -0.25) is 4.79 Å². The van der Waals surface area contributed by atoms with Gasteiger partial charge in [0.15, 0.2) is 10.8 Å². The molecule has 2 aromatic heterocycles. The van der Waals surface area contributed by atoms with E-state index in [4.69, 9.17) is 4.98 Å². The highest BCUT2D eigenvalue weighted by Gasteiger charge is 2.20. The average molecular weight is 446 g/mol. The lowest BCUT2D eigenvalue weighted by atomic mass is 10.00. The molecular formula is C20H23N5OS3. The van der Waals surface area contributed by atoms with Gasteiger partial charge in [-0.25, -0.2) is 9.97 Å². The topological polar surface area (TPSA) is 71.0 Å². The molecule has 1 fully saturated rings. The number of thioether (sulfide) groups is 2. The number of rotatable bonds is 6. The minimum absolute atomic E-state index is 0.0465. The highest BCUT2D eigenvalue weighted by Crippen LogP contribution is 2.35. The van der Waals surface area contributed by atoms with Crippen LogP contribution in [0.1, 0.15) is 19.8 Å². The predicted molar refractivity (Wildman–Crippen MR) is 123 cm³/mol. The zero-order valence-electron chi connectivity index (χ0n) is 16.4. The summed E-state index contributed by atoms with van der Waals surface area (Å²) in [5, 5.41) is 4.78. The van der Waals surface area contributed by atoms with Crippen molar-refractivity contribution in [3.8, 4) is 0 Å². The molecule has 1 amide bonds. The normalized spacial score (nSPS) is 15.0. The molecule has 1 saturated heterocycles. The summed E-state index contributed by atoms with van der Waals surface area (Å²) < 4.78 is 0.961. The second-order valence-corrected chi connectivity index (χ2v) is 9.89. The van der Waals surface area contributed by atoms with Gasteiger partial charge in [-0.1, -0.05) is 36.1 Å². The smallest absolute Gasteiger partial charge is 0.234 e. The number of hydrogen-bond acceptors (Lipinski definition) is 8. The number of anilines is 2. The van der Waals surface area contributed by atoms with Gasteiger partial charge < -0.3 is 10.2 Å². The van der Waals surface area contributed by atoms with E-state index in [-0.39, 0.29) is 5.91 Å². The summed E-state index contributed by atoms with van der Waals surface area (Å²) in [4.78, 5) is 29.3. The van der Waals surface area contributed by atoms with Crippen LogP contribution >= 0.6 is 34.9 Å². The van der Waals surface area contributed by atoms with Crippen molar-refractivity contribution in [3.63, 3.8) is 0 Å². The first-order valence-corrected chi connectivity index (χ1v) is 12.6. The molecule has 0 saturated carbocycles. The molecule has 0 atom stereocenters. The fourth-order valence-corrected chi connectivity index (χ4v) is 5.59. The minimum Gasteiger partial charge on any atom is -0.348 e. The number of thiazole rings is 1. The molecule has 4 rings (SSSR count). The number of nitrogens with zero attached hydrogens (tertiary/aromatic N) is 4. The second-order valence-electron chi connectivity index (χ2n) is 7.07. The summed E-state index contributed by atoms with van der Waals surface area (Å²) >= 11 is 4.71. The molecule has 0 unspecified atom stereocenters. The first-order chi connectivity index (χ1) is 14.1. The maximum Gasteiger partial charge on any atom is 0.234 e. The van der Waals surface area contributed by atoms with Gasteiger partial charge in [-0.05, 0) is 43.2 Å². The van der Waals surface area contributed by atoms with E-state index in [0.29, 0.717) is 11.4 Å². The summed E-state index contributed by atoms with van der Waals surface area (Å²) in [6.07, 6.45) is 5.94. The average Bonchev–Trinajstić information content (AvgIpc) is 3.18. The Hall–Kier alpha value is -1.84. The van der Waals surface area contributed by atoms with Crippen molar-refractivity contribution in [2.75, 3.05) is 35.3 Å². The Balaban J connectivity index is 1.43. The molecule has 3 heterocycles. The van der Waals surface area contributed by atoms with E-state index in [9.17, 15) is 4.79 Å². The molecule has 6 nitrogen and oxygen atoms in total. The molecular weight excluding hydrogens is 422 g/mol. The van der Waals surface area contributed by atoms with Crippen LogP contribution in [0, 0.1) is 5.92 Å². The number of benzene rings is 1. The molecule has 152 valence electrons. The van der Waals surface area contributed by atoms with E-state index in [2.05, 4.69) is 27.1 Å². The molecule has 3 aromatic rings. The second kappa shape index (κ2) is 9.32. The largest absolute Gasteiger partial charge is 0.348 e. The van der Waals surface area contributed by atoms with Crippen molar-refractivity contribution in [1.82, 2.24) is 15.0 Å². The molecule has 29 heavy (non-hydrogen) atoms. The first kappa shape index (κ1) is 20.4. The Labute approximate surface area is 182 Å². The molecule has 1 aliphatic heterocycles. The van der Waals surface area contributed by atoms with Crippen molar-refractivity contribution in [2.45, 2.75) is 29.7 Å². The first-order valence-electron chi connectivity index (χ1n) is 9.55. The Bertz CT molecular complexity index is 1000. The fraction of sp³-hybridized carbons (Fsp3) is 0.400. The molecule has 1 N–H and O–H groups in total. The number of carbonyl (C=O) groups is 1. The summed E-state index contributed by atoms with van der Waals surface area (Å²) in [6, 6.07) is 7.85. The van der Waals surface area contributed by atoms with E-state index in [0.717, 1.165) is 44.4 Å². The van der Waals surface area contributed by atoms with Gasteiger partial charge in [-0.2, -0.15) is 4.98 Å². The summed E-state index contributed by atoms with van der Waals surface area (Å²) in [5.74, 6) is 1.03. The van der Waals surface area contributed by atoms with Gasteiger partial charge >= 0.3 is 0 Å². The van der Waals surface area contributed by atoms with E-state index in [1.165, 1.54) is 30.9 Å². The van der Waals surface area contributed by atoms with Crippen LogP contribution in [0.15, 0.2) is 40.5 Å². The molecule has 0 spiro atoms. The molecule has 1 aromatic carbocycles. The zero-order valence-corrected chi connectivity index (χ0v) is 18.9. The van der Waals surface area contributed by atoms with E-state index >= 15 is 0 Å². The SMILES string of the molecule is CSc1cccc(NC(=O)CSc2ncnc3nc(N4CCC(C)CC4)sc23)c1. The standard InChI is InChI=1S/C20H23N5OS3/c1-13-6-8-25(9-7-13)20-24-18-17(29-20)19(22-12-21-18)28-11-16(26)23-14-4-3-5-15(10-14)27-2/h3-5,10,12-13H,6-9,11H2,1-2H3,(H,23,26). The summed E-state index contributed by atoms with van der Waals surface area (Å²) in [6.45, 7) is 4.38. The van der Waals surface area contributed by atoms with Crippen molar-refractivity contribution in [1.29, 1.82) is 0 Å². The number of nitrogens with one attached hydrogen (secondary N) is 1. The van der Waals surface area contributed by atoms with Crippen LogP contribution in [0.5, 0.6) is 0 Å². The zero-order chi connectivity index (χ0) is 20.2. The highest BCUT2D eigenvalue weighted by atomic mass is 32.2. The minimum atomic E-state index is -0.0465. The molecule has 0 radical (unpaired) electrons. The summed E-state index contributed by atoms with van der Waals surface area (Å²) in [5.41, 5.74) is 1.53. The predicted octanol–water partition coefficient (Wildman–Crippen LogP) is 4.78. The number of carbonyl (C=O) groups excluding carboxylic acids is 1. The third-order valence-corrected chi connectivity index (χ3v) is 7.85. The molecule has 9 heteroatoms. The van der Waals surface area contributed by atoms with Crippen LogP contribution in [-0.4, -0.2) is 46.0 Å². The van der Waals surface area contributed by atoms with Crippen LogP contribution in [0.25, 0.3) is 10.3 Å². The van der Waals surface area contributed by atoms with E-state index < -0.39 is 0 Å². The highest BCUT2D eigenvalue weighted by molar-refractivity contribution is 8.00. The van der Waals surface area contributed by atoms with E-state index in [1.807, 2.05) is 30.5 Å². The Morgan fingerprint density at radius 1 is 1.31 bits per heavy atom. The maximum absolute atomic E-state index is 12.4. The number of piperidine rings is 1. The maximum atomic E-state index is 12.4. The third kappa shape index (κ3) is 5.02. The lowest BCUT2D eigenvalue weighted by Crippen LogP contribution is -2.32. The van der Waals surface area contributed by atoms with Crippen LogP contribution in [0.4, 0.5) is 10.8 Å². The van der Waals surface area contributed by atoms with Gasteiger partial charge in [0, 0.05) is 23.7 Å².